The van der Waals surface area contributed by atoms with Gasteiger partial charge in [0, 0.05) is 23.7 Å². The Morgan fingerprint density at radius 2 is 1.85 bits per heavy atom. The molecule has 1 unspecified atom stereocenters. The molecule has 0 aliphatic carbocycles. The summed E-state index contributed by atoms with van der Waals surface area (Å²) in [5.74, 6) is -0.0546. The number of allylic oxidation sites excluding steroid dienone is 1. The van der Waals surface area contributed by atoms with Gasteiger partial charge in [0.15, 0.2) is 11.4 Å². The Balaban J connectivity index is 1.33. The van der Waals surface area contributed by atoms with Crippen LogP contribution in [0.3, 0.4) is 0 Å². The van der Waals surface area contributed by atoms with Crippen LogP contribution in [0.1, 0.15) is 39.0 Å². The first-order valence-electron chi connectivity index (χ1n) is 12.7. The number of hydrogen-bond acceptors (Lipinski definition) is 6. The number of aromatic nitrogens is 2. The molecule has 3 amide bonds. The second kappa shape index (κ2) is 9.99. The van der Waals surface area contributed by atoms with Crippen LogP contribution in [0, 0.1) is 12.7 Å². The number of amides is 3. The highest BCUT2D eigenvalue weighted by molar-refractivity contribution is 6.27. The van der Waals surface area contributed by atoms with Gasteiger partial charge in [0.1, 0.15) is 23.1 Å². The molecular weight excluding hydrogens is 513 g/mol. The van der Waals surface area contributed by atoms with Crippen LogP contribution in [0.15, 0.2) is 77.3 Å². The maximum absolute atomic E-state index is 15.0. The number of nitrogens with one attached hydrogen (secondary N) is 4. The first-order valence-corrected chi connectivity index (χ1v) is 12.7. The van der Waals surface area contributed by atoms with Gasteiger partial charge in [0.05, 0.1) is 23.3 Å². The normalized spacial score (nSPS) is 18.1. The lowest BCUT2D eigenvalue weighted by Crippen LogP contribution is -2.59. The third kappa shape index (κ3) is 5.44. The van der Waals surface area contributed by atoms with Crippen LogP contribution in [-0.2, 0) is 10.2 Å². The number of carbonyl (C=O) groups excluding carboxylic acids is 2. The van der Waals surface area contributed by atoms with Crippen LogP contribution in [0.5, 0.6) is 5.75 Å². The van der Waals surface area contributed by atoms with Gasteiger partial charge in [-0.2, -0.15) is 5.10 Å². The number of hydrogen-bond donors (Lipinski definition) is 4. The average Bonchev–Trinajstić information content (AvgIpc) is 3.30. The summed E-state index contributed by atoms with van der Waals surface area (Å²) in [6, 6.07) is 13.0. The number of halogens is 1. The fourth-order valence-electron chi connectivity index (χ4n) is 4.23. The van der Waals surface area contributed by atoms with Gasteiger partial charge in [-0.05, 0) is 44.2 Å². The van der Waals surface area contributed by atoms with E-state index in [2.05, 4.69) is 26.3 Å². The van der Waals surface area contributed by atoms with Crippen molar-refractivity contribution in [3.63, 3.8) is 0 Å². The molecule has 2 aliphatic heterocycles. The lowest BCUT2D eigenvalue weighted by atomic mass is 9.92. The second-order valence-electron chi connectivity index (χ2n) is 10.8. The van der Waals surface area contributed by atoms with E-state index in [0.717, 1.165) is 29.2 Å². The zero-order valence-corrected chi connectivity index (χ0v) is 22.8. The first kappa shape index (κ1) is 26.7. The van der Waals surface area contributed by atoms with E-state index in [4.69, 9.17) is 9.84 Å². The van der Waals surface area contributed by atoms with Gasteiger partial charge in [0.2, 0.25) is 0 Å². The van der Waals surface area contributed by atoms with Crippen LogP contribution in [0.4, 0.5) is 20.7 Å². The number of fused-ring (bicyclic) bond motifs is 1. The number of benzene rings is 2. The minimum atomic E-state index is -0.952. The number of aryl methyl sites for hydroxylation is 1. The largest absolute Gasteiger partial charge is 0.455 e. The van der Waals surface area contributed by atoms with E-state index in [0.29, 0.717) is 17.3 Å². The quantitative estimate of drug-likeness (QED) is 0.365. The highest BCUT2D eigenvalue weighted by Gasteiger charge is 2.37. The van der Waals surface area contributed by atoms with Crippen LogP contribution in [0.2, 0.25) is 0 Å². The monoisotopic (exact) mass is 543 g/mol. The van der Waals surface area contributed by atoms with Gasteiger partial charge in [-0.15, -0.1) is 0 Å². The number of anilines is 2. The zero-order chi connectivity index (χ0) is 28.7. The lowest BCUT2D eigenvalue weighted by molar-refractivity contribution is -0.116. The van der Waals surface area contributed by atoms with E-state index in [-0.39, 0.29) is 22.8 Å². The summed E-state index contributed by atoms with van der Waals surface area (Å²) in [7, 11) is 0. The standard InChI is InChI=1S/C29H30FN7O3/c1-17-6-8-18(9-7-17)37-24(15-23(36-37)28(2,3)4)34-27(39)33-21-11-10-19(14-20(21)30)40-22-12-13-32-29(5)26(22)31-16-25(38)35-29/h6-16,32H,1-5H3,(H,35,38)(H2,33,34,39). The number of carbonyl (C=O) groups is 2. The van der Waals surface area contributed by atoms with Gasteiger partial charge >= 0.3 is 6.03 Å². The summed E-state index contributed by atoms with van der Waals surface area (Å²) in [6.07, 6.45) is 4.40. The van der Waals surface area contributed by atoms with Gasteiger partial charge in [-0.1, -0.05) is 38.5 Å². The van der Waals surface area contributed by atoms with Gasteiger partial charge < -0.3 is 20.7 Å². The highest BCUT2D eigenvalue weighted by atomic mass is 19.1. The maximum atomic E-state index is 15.0. The molecule has 0 spiro atoms. The van der Waals surface area contributed by atoms with Crippen molar-refractivity contribution in [3.8, 4) is 11.4 Å². The smallest absolute Gasteiger partial charge is 0.324 e. The Morgan fingerprint density at radius 3 is 2.55 bits per heavy atom. The molecule has 1 atom stereocenters. The third-order valence-electron chi connectivity index (χ3n) is 6.41. The lowest BCUT2D eigenvalue weighted by Gasteiger charge is -2.36. The van der Waals surface area contributed by atoms with E-state index in [1.54, 1.807) is 29.9 Å². The SMILES string of the molecule is Cc1ccc(-n2nc(C(C)(C)C)cc2NC(=O)Nc2ccc(OC3=C4N=CC(=O)NC4(C)NC=C3)cc2F)cc1. The molecule has 5 rings (SSSR count). The van der Waals surface area contributed by atoms with Crippen molar-refractivity contribution in [2.75, 3.05) is 10.6 Å². The second-order valence-corrected chi connectivity index (χ2v) is 10.8. The van der Waals surface area contributed by atoms with Crippen molar-refractivity contribution in [1.29, 1.82) is 0 Å². The molecule has 0 fully saturated rings. The van der Waals surface area contributed by atoms with Crippen molar-refractivity contribution < 1.29 is 18.7 Å². The highest BCUT2D eigenvalue weighted by Crippen LogP contribution is 2.30. The molecule has 0 saturated heterocycles. The zero-order valence-electron chi connectivity index (χ0n) is 22.8. The van der Waals surface area contributed by atoms with E-state index in [1.165, 1.54) is 12.1 Å². The Hall–Kier alpha value is -4.93. The molecule has 0 bridgehead atoms. The van der Waals surface area contributed by atoms with Crippen molar-refractivity contribution >= 4 is 29.7 Å². The summed E-state index contributed by atoms with van der Waals surface area (Å²) < 4.78 is 22.6. The molecule has 3 aromatic rings. The van der Waals surface area contributed by atoms with Crippen LogP contribution in [-0.4, -0.2) is 33.6 Å². The van der Waals surface area contributed by atoms with E-state index >= 15 is 4.39 Å². The van der Waals surface area contributed by atoms with E-state index in [9.17, 15) is 9.59 Å². The summed E-state index contributed by atoms with van der Waals surface area (Å²) in [4.78, 5) is 28.8. The molecular formula is C29H30FN7O3. The fraction of sp³-hybridized carbons (Fsp3) is 0.241. The van der Waals surface area contributed by atoms with Crippen molar-refractivity contribution in [3.05, 3.63) is 89.3 Å². The maximum Gasteiger partial charge on any atom is 0.324 e. The number of rotatable bonds is 5. The minimum Gasteiger partial charge on any atom is -0.455 e. The van der Waals surface area contributed by atoms with Gasteiger partial charge in [-0.25, -0.2) is 18.9 Å². The predicted octanol–water partition coefficient (Wildman–Crippen LogP) is 4.89. The van der Waals surface area contributed by atoms with Crippen molar-refractivity contribution in [2.24, 2.45) is 4.99 Å². The first-order chi connectivity index (χ1) is 18.9. The van der Waals surface area contributed by atoms with Gasteiger partial charge in [-0.3, -0.25) is 10.1 Å². The summed E-state index contributed by atoms with van der Waals surface area (Å²) in [5.41, 5.74) is 1.87. The van der Waals surface area contributed by atoms with Gasteiger partial charge in [0.25, 0.3) is 5.91 Å². The number of aliphatic imine (C=N–C) groups is 1. The van der Waals surface area contributed by atoms with Crippen molar-refractivity contribution in [1.82, 2.24) is 20.4 Å². The molecule has 2 aliphatic rings. The average molecular weight is 544 g/mol. The molecule has 40 heavy (non-hydrogen) atoms. The molecule has 10 nitrogen and oxygen atoms in total. The molecule has 3 heterocycles. The Morgan fingerprint density at radius 1 is 1.10 bits per heavy atom. The summed E-state index contributed by atoms with van der Waals surface area (Å²) in [5, 5.41) is 15.9. The summed E-state index contributed by atoms with van der Waals surface area (Å²) in [6.45, 7) is 9.83. The molecule has 1 aromatic heterocycles. The summed E-state index contributed by atoms with van der Waals surface area (Å²) >= 11 is 0. The predicted molar refractivity (Wildman–Crippen MR) is 151 cm³/mol. The number of nitrogens with zero attached hydrogens (tertiary/aromatic N) is 3. The van der Waals surface area contributed by atoms with E-state index < -0.39 is 17.5 Å². The number of urea groups is 1. The van der Waals surface area contributed by atoms with E-state index in [1.807, 2.05) is 52.0 Å². The number of dihydropyridines is 1. The third-order valence-corrected chi connectivity index (χ3v) is 6.41. The topological polar surface area (TPSA) is 122 Å². The Bertz CT molecular complexity index is 1580. The molecule has 0 saturated carbocycles. The molecule has 206 valence electrons. The molecule has 0 radical (unpaired) electrons. The fourth-order valence-corrected chi connectivity index (χ4v) is 4.23. The Labute approximate surface area is 231 Å². The van der Waals surface area contributed by atoms with Crippen LogP contribution in [0.25, 0.3) is 5.69 Å². The van der Waals surface area contributed by atoms with Crippen molar-refractivity contribution in [2.45, 2.75) is 45.7 Å². The van der Waals surface area contributed by atoms with Crippen LogP contribution >= 0.6 is 0 Å². The molecule has 11 heteroatoms. The molecule has 4 N–H and O–H groups in total. The van der Waals surface area contributed by atoms with Crippen LogP contribution < -0.4 is 26.0 Å². The number of ether oxygens (including phenoxy) is 1. The molecule has 2 aromatic carbocycles. The minimum absolute atomic E-state index is 0.0337. The Kier molecular flexibility index (Phi) is 6.66.